The van der Waals surface area contributed by atoms with Gasteiger partial charge in [0, 0.05) is 18.2 Å². The van der Waals surface area contributed by atoms with Crippen molar-refractivity contribution in [1.29, 1.82) is 0 Å². The van der Waals surface area contributed by atoms with Crippen molar-refractivity contribution in [2.75, 3.05) is 13.1 Å². The van der Waals surface area contributed by atoms with Gasteiger partial charge in [0.1, 0.15) is 23.4 Å². The summed E-state index contributed by atoms with van der Waals surface area (Å²) in [4.78, 5) is 11.9. The number of ether oxygens (including phenoxy) is 1. The smallest absolute Gasteiger partial charge is 0.387 e. The van der Waals surface area contributed by atoms with Crippen LogP contribution >= 0.6 is 0 Å². The van der Waals surface area contributed by atoms with Crippen LogP contribution in [0.5, 0.6) is 5.75 Å². The van der Waals surface area contributed by atoms with E-state index < -0.39 is 18.2 Å². The zero-order valence-electron chi connectivity index (χ0n) is 14.7. The summed E-state index contributed by atoms with van der Waals surface area (Å²) in [6.45, 7) is -0.663. The fourth-order valence-corrected chi connectivity index (χ4v) is 2.54. The fourth-order valence-electron chi connectivity index (χ4n) is 2.54. The quantitative estimate of drug-likeness (QED) is 0.652. The van der Waals surface area contributed by atoms with Crippen LogP contribution < -0.4 is 15.4 Å². The number of benzene rings is 2. The predicted molar refractivity (Wildman–Crippen MR) is 91.4 cm³/mol. The third-order valence-corrected chi connectivity index (χ3v) is 3.99. The topological polar surface area (TPSA) is 54.9 Å². The van der Waals surface area contributed by atoms with Gasteiger partial charge < -0.3 is 15.4 Å². The zero-order chi connectivity index (χ0) is 19.8. The molecular formula is C19H21F4N2O2+. The van der Waals surface area contributed by atoms with Crippen LogP contribution in [-0.2, 0) is 11.2 Å². The van der Waals surface area contributed by atoms with Crippen LogP contribution in [0.1, 0.15) is 24.1 Å². The minimum absolute atomic E-state index is 0.0781. The van der Waals surface area contributed by atoms with Gasteiger partial charge in [-0.1, -0.05) is 12.1 Å². The lowest BCUT2D eigenvalue weighted by molar-refractivity contribution is -0.682. The molecule has 0 radical (unpaired) electrons. The molecule has 0 fully saturated rings. The van der Waals surface area contributed by atoms with Gasteiger partial charge in [-0.2, -0.15) is 8.78 Å². The average molecular weight is 385 g/mol. The first-order valence-electron chi connectivity index (χ1n) is 8.44. The molecule has 8 heteroatoms. The fraction of sp³-hybridized carbons (Fsp3) is 0.316. The second-order valence-electron chi connectivity index (χ2n) is 6.02. The van der Waals surface area contributed by atoms with Crippen LogP contribution in [0.2, 0.25) is 0 Å². The van der Waals surface area contributed by atoms with Gasteiger partial charge in [0.2, 0.25) is 0 Å². The molecule has 1 amide bonds. The normalized spacial score (nSPS) is 12.1. The number of carbonyl (C=O) groups excluding carboxylic acids is 1. The molecule has 0 bridgehead atoms. The summed E-state index contributed by atoms with van der Waals surface area (Å²) >= 11 is 0. The predicted octanol–water partition coefficient (Wildman–Crippen LogP) is 2.55. The summed E-state index contributed by atoms with van der Waals surface area (Å²) in [5.41, 5.74) is 1.19. The molecule has 0 aromatic heterocycles. The van der Waals surface area contributed by atoms with Crippen molar-refractivity contribution in [3.63, 3.8) is 0 Å². The summed E-state index contributed by atoms with van der Waals surface area (Å²) in [6, 6.07) is 9.21. The molecule has 0 aliphatic rings. The highest BCUT2D eigenvalue weighted by molar-refractivity contribution is 5.76. The van der Waals surface area contributed by atoms with Gasteiger partial charge in [0.05, 0.1) is 0 Å². The molecule has 4 nitrogen and oxygen atoms in total. The Bertz CT molecular complexity index is 754. The molecule has 0 spiro atoms. The number of quaternary nitrogens is 1. The second-order valence-corrected chi connectivity index (χ2v) is 6.02. The van der Waals surface area contributed by atoms with Crippen LogP contribution in [0.25, 0.3) is 0 Å². The molecule has 2 aromatic carbocycles. The Hall–Kier alpha value is -2.61. The van der Waals surface area contributed by atoms with E-state index in [-0.39, 0.29) is 24.2 Å². The Morgan fingerprint density at radius 3 is 2.48 bits per heavy atom. The molecular weight excluding hydrogens is 364 g/mol. The molecule has 0 heterocycles. The Kier molecular flexibility index (Phi) is 7.60. The van der Waals surface area contributed by atoms with Crippen LogP contribution in [0.3, 0.4) is 0 Å². The van der Waals surface area contributed by atoms with Crippen LogP contribution in [0.4, 0.5) is 17.6 Å². The largest absolute Gasteiger partial charge is 0.435 e. The standard InChI is InChI=1S/C19H20F4N2O2/c1-12(16-7-4-14(20)10-17(16)21)25-11-18(26)24-9-8-13-2-5-15(6-3-13)27-19(22)23/h2-7,10,12,19,25H,8-9,11H2,1H3,(H,24,26)/p+1/t12-/m0/s1. The van der Waals surface area contributed by atoms with Gasteiger partial charge >= 0.3 is 6.61 Å². The van der Waals surface area contributed by atoms with Gasteiger partial charge in [0.15, 0.2) is 6.54 Å². The van der Waals surface area contributed by atoms with Crippen LogP contribution in [-0.4, -0.2) is 25.6 Å². The molecule has 146 valence electrons. The summed E-state index contributed by atoms with van der Waals surface area (Å²) in [5.74, 6) is -1.43. The Labute approximate surface area is 154 Å². The van der Waals surface area contributed by atoms with E-state index in [1.807, 2.05) is 0 Å². The van der Waals surface area contributed by atoms with E-state index in [0.29, 0.717) is 18.5 Å². The number of hydrogen-bond acceptors (Lipinski definition) is 2. The molecule has 0 saturated heterocycles. The second kappa shape index (κ2) is 9.91. The van der Waals surface area contributed by atoms with Gasteiger partial charge in [-0.3, -0.25) is 4.79 Å². The van der Waals surface area contributed by atoms with E-state index in [9.17, 15) is 22.4 Å². The molecule has 0 aliphatic carbocycles. The van der Waals surface area contributed by atoms with Crippen molar-refractivity contribution >= 4 is 5.91 Å². The van der Waals surface area contributed by atoms with Gasteiger partial charge in [0.25, 0.3) is 5.91 Å². The number of alkyl halides is 2. The summed E-state index contributed by atoms with van der Waals surface area (Å²) in [6.07, 6.45) is 0.531. The van der Waals surface area contributed by atoms with E-state index in [0.717, 1.165) is 11.6 Å². The molecule has 2 aromatic rings. The zero-order valence-corrected chi connectivity index (χ0v) is 14.7. The van der Waals surface area contributed by atoms with Crippen LogP contribution in [0.15, 0.2) is 42.5 Å². The summed E-state index contributed by atoms with van der Waals surface area (Å²) in [7, 11) is 0. The third kappa shape index (κ3) is 6.90. The summed E-state index contributed by atoms with van der Waals surface area (Å²) in [5, 5.41) is 4.39. The lowest BCUT2D eigenvalue weighted by Gasteiger charge is -2.12. The summed E-state index contributed by atoms with van der Waals surface area (Å²) < 4.78 is 55.1. The van der Waals surface area contributed by atoms with E-state index in [1.54, 1.807) is 24.4 Å². The number of nitrogens with one attached hydrogen (secondary N) is 1. The monoisotopic (exact) mass is 385 g/mol. The highest BCUT2D eigenvalue weighted by Crippen LogP contribution is 2.15. The lowest BCUT2D eigenvalue weighted by atomic mass is 10.1. The van der Waals surface area contributed by atoms with E-state index in [1.165, 1.54) is 24.3 Å². The van der Waals surface area contributed by atoms with Crippen molar-refractivity contribution in [2.24, 2.45) is 0 Å². The van der Waals surface area contributed by atoms with Crippen molar-refractivity contribution in [3.05, 3.63) is 65.2 Å². The highest BCUT2D eigenvalue weighted by atomic mass is 19.3. The van der Waals surface area contributed by atoms with Gasteiger partial charge in [-0.15, -0.1) is 0 Å². The first-order valence-corrected chi connectivity index (χ1v) is 8.44. The number of hydrogen-bond donors (Lipinski definition) is 2. The van der Waals surface area contributed by atoms with Crippen molar-refractivity contribution in [3.8, 4) is 5.75 Å². The molecule has 3 N–H and O–H groups in total. The number of amides is 1. The van der Waals surface area contributed by atoms with Crippen molar-refractivity contribution in [2.45, 2.75) is 26.0 Å². The van der Waals surface area contributed by atoms with Crippen molar-refractivity contribution in [1.82, 2.24) is 5.32 Å². The Morgan fingerprint density at radius 1 is 1.15 bits per heavy atom. The highest BCUT2D eigenvalue weighted by Gasteiger charge is 2.16. The number of rotatable bonds is 9. The van der Waals surface area contributed by atoms with Gasteiger partial charge in [-0.25, -0.2) is 8.78 Å². The number of nitrogens with two attached hydrogens (primary N) is 1. The molecule has 1 atom stereocenters. The average Bonchev–Trinajstić information content (AvgIpc) is 2.61. The molecule has 0 aliphatic heterocycles. The number of carbonyl (C=O) groups is 1. The lowest BCUT2D eigenvalue weighted by Crippen LogP contribution is -2.87. The van der Waals surface area contributed by atoms with E-state index in [4.69, 9.17) is 0 Å². The molecule has 0 unspecified atom stereocenters. The first-order chi connectivity index (χ1) is 12.8. The van der Waals surface area contributed by atoms with E-state index >= 15 is 0 Å². The molecule has 0 saturated carbocycles. The van der Waals surface area contributed by atoms with E-state index in [2.05, 4.69) is 10.1 Å². The first kappa shape index (κ1) is 20.7. The minimum Gasteiger partial charge on any atom is -0.435 e. The van der Waals surface area contributed by atoms with Gasteiger partial charge in [-0.05, 0) is 43.2 Å². The SMILES string of the molecule is C[C@H]([NH2+]CC(=O)NCCc1ccc(OC(F)F)cc1)c1ccc(F)cc1F. The molecule has 2 rings (SSSR count). The molecule has 27 heavy (non-hydrogen) atoms. The van der Waals surface area contributed by atoms with Crippen molar-refractivity contribution < 1.29 is 32.4 Å². The maximum Gasteiger partial charge on any atom is 0.387 e. The Morgan fingerprint density at radius 2 is 1.85 bits per heavy atom. The maximum absolute atomic E-state index is 13.7. The minimum atomic E-state index is -2.86. The maximum atomic E-state index is 13.7. The Balaban J connectivity index is 1.71. The number of halogens is 4. The van der Waals surface area contributed by atoms with Crippen LogP contribution in [0, 0.1) is 11.6 Å². The third-order valence-electron chi connectivity index (χ3n) is 3.99.